The Labute approximate surface area is 187 Å². The van der Waals surface area contributed by atoms with Crippen LogP contribution in [0.1, 0.15) is 24.4 Å². The minimum absolute atomic E-state index is 0.371. The molecule has 32 heavy (non-hydrogen) atoms. The molecular weight excluding hydrogens is 424 g/mol. The van der Waals surface area contributed by atoms with E-state index in [9.17, 15) is 4.79 Å². The van der Waals surface area contributed by atoms with Crippen LogP contribution in [0.2, 0.25) is 0 Å². The Morgan fingerprint density at radius 3 is 2.88 bits per heavy atom. The Morgan fingerprint density at radius 2 is 2.03 bits per heavy atom. The van der Waals surface area contributed by atoms with E-state index < -0.39 is 0 Å². The van der Waals surface area contributed by atoms with Crippen LogP contribution in [-0.2, 0) is 5.75 Å². The van der Waals surface area contributed by atoms with Crippen LogP contribution in [0.4, 0.5) is 0 Å². The first-order valence-electron chi connectivity index (χ1n) is 10.5. The lowest BCUT2D eigenvalue weighted by atomic mass is 10.1. The fraction of sp³-hybridized carbons (Fsp3) is 0.208. The van der Waals surface area contributed by atoms with Crippen molar-refractivity contribution in [3.8, 4) is 17.1 Å². The summed E-state index contributed by atoms with van der Waals surface area (Å²) in [6, 6.07) is 15.7. The van der Waals surface area contributed by atoms with E-state index in [1.807, 2.05) is 30.5 Å². The van der Waals surface area contributed by atoms with Gasteiger partial charge in [-0.15, -0.1) is 10.2 Å². The van der Waals surface area contributed by atoms with Crippen LogP contribution >= 0.6 is 11.8 Å². The fourth-order valence-corrected chi connectivity index (χ4v) is 5.07. The van der Waals surface area contributed by atoms with E-state index in [-0.39, 0.29) is 5.63 Å². The van der Waals surface area contributed by atoms with Crippen molar-refractivity contribution in [1.82, 2.24) is 19.7 Å². The quantitative estimate of drug-likeness (QED) is 0.287. The zero-order valence-electron chi connectivity index (χ0n) is 17.4. The lowest BCUT2D eigenvalue weighted by molar-refractivity contribution is 0.414. The van der Waals surface area contributed by atoms with Crippen molar-refractivity contribution in [1.29, 1.82) is 0 Å². The molecule has 0 aliphatic heterocycles. The second-order valence-corrected chi connectivity index (χ2v) is 8.84. The molecule has 1 N–H and O–H groups in total. The molecule has 0 atom stereocenters. The number of methoxy groups -OCH3 is 1. The van der Waals surface area contributed by atoms with E-state index >= 15 is 0 Å². The van der Waals surface area contributed by atoms with E-state index in [4.69, 9.17) is 9.15 Å². The van der Waals surface area contributed by atoms with Crippen LogP contribution in [0.5, 0.6) is 5.75 Å². The van der Waals surface area contributed by atoms with Gasteiger partial charge >= 0.3 is 5.63 Å². The summed E-state index contributed by atoms with van der Waals surface area (Å²) < 4.78 is 12.9. The Bertz CT molecular complexity index is 1510. The molecule has 2 aromatic carbocycles. The number of nitrogens with zero attached hydrogens (tertiary/aromatic N) is 3. The summed E-state index contributed by atoms with van der Waals surface area (Å²) >= 11 is 1.59. The van der Waals surface area contributed by atoms with E-state index in [0.717, 1.165) is 51.2 Å². The lowest BCUT2D eigenvalue weighted by Gasteiger charge is -2.09. The zero-order chi connectivity index (χ0) is 21.7. The van der Waals surface area contributed by atoms with E-state index in [0.29, 0.717) is 23.1 Å². The van der Waals surface area contributed by atoms with Gasteiger partial charge in [0, 0.05) is 52.0 Å². The molecule has 6 rings (SSSR count). The predicted octanol–water partition coefficient (Wildman–Crippen LogP) is 5.17. The number of nitrogens with one attached hydrogen (secondary N) is 1. The molecule has 0 radical (unpaired) electrons. The average molecular weight is 445 g/mol. The number of hydrogen-bond acceptors (Lipinski definition) is 6. The second-order valence-electron chi connectivity index (χ2n) is 7.90. The topological polar surface area (TPSA) is 85.9 Å². The van der Waals surface area contributed by atoms with Crippen molar-refractivity contribution in [3.63, 3.8) is 0 Å². The Kier molecular flexibility index (Phi) is 4.53. The van der Waals surface area contributed by atoms with Gasteiger partial charge in [-0.3, -0.25) is 4.57 Å². The maximum Gasteiger partial charge on any atom is 0.336 e. The standard InChI is InChI=1S/C24H20N4O3S/c1-30-16-8-9-17-14(10-22(29)31-21(17)11-16)13-32-24-27-26-23(28(24)15-6-7-15)19-12-25-20-5-3-2-4-18(19)20/h2-5,8-12,15,25H,6-7,13H2,1H3. The number of aromatic amines is 1. The summed E-state index contributed by atoms with van der Waals surface area (Å²) in [7, 11) is 1.59. The number of H-pyrrole nitrogens is 1. The van der Waals surface area contributed by atoms with Crippen LogP contribution in [0, 0.1) is 0 Å². The maximum absolute atomic E-state index is 12.1. The molecule has 1 aliphatic rings. The average Bonchev–Trinajstić information content (AvgIpc) is 3.42. The Balaban J connectivity index is 1.37. The van der Waals surface area contributed by atoms with Crippen molar-refractivity contribution in [2.45, 2.75) is 29.8 Å². The van der Waals surface area contributed by atoms with Gasteiger partial charge < -0.3 is 14.1 Å². The Hall–Kier alpha value is -3.52. The first-order valence-corrected chi connectivity index (χ1v) is 11.4. The second kappa shape index (κ2) is 7.56. The van der Waals surface area contributed by atoms with Crippen molar-refractivity contribution < 1.29 is 9.15 Å². The zero-order valence-corrected chi connectivity index (χ0v) is 18.2. The number of benzene rings is 2. The molecule has 0 spiro atoms. The van der Waals surface area contributed by atoms with E-state index in [1.165, 1.54) is 0 Å². The molecule has 3 aromatic heterocycles. The third kappa shape index (κ3) is 3.27. The third-order valence-corrected chi connectivity index (χ3v) is 6.79. The smallest absolute Gasteiger partial charge is 0.336 e. The number of fused-ring (bicyclic) bond motifs is 2. The lowest BCUT2D eigenvalue weighted by Crippen LogP contribution is -2.02. The highest BCUT2D eigenvalue weighted by molar-refractivity contribution is 7.98. The van der Waals surface area contributed by atoms with Crippen molar-refractivity contribution in [3.05, 3.63) is 70.7 Å². The summed E-state index contributed by atoms with van der Waals surface area (Å²) in [5, 5.41) is 12.0. The number of para-hydroxylation sites is 1. The van der Waals surface area contributed by atoms with Crippen molar-refractivity contribution in [2.24, 2.45) is 0 Å². The Morgan fingerprint density at radius 1 is 1.16 bits per heavy atom. The van der Waals surface area contributed by atoms with E-state index in [2.05, 4.69) is 31.9 Å². The molecule has 7 nitrogen and oxygen atoms in total. The molecule has 160 valence electrons. The molecule has 8 heteroatoms. The highest BCUT2D eigenvalue weighted by atomic mass is 32.2. The summed E-state index contributed by atoms with van der Waals surface area (Å²) in [5.41, 5.74) is 3.20. The van der Waals surface area contributed by atoms with Gasteiger partial charge in [-0.05, 0) is 36.6 Å². The largest absolute Gasteiger partial charge is 0.497 e. The molecule has 0 bridgehead atoms. The monoisotopic (exact) mass is 444 g/mol. The van der Waals surface area contributed by atoms with Crippen LogP contribution < -0.4 is 10.4 Å². The van der Waals surface area contributed by atoms with Gasteiger partial charge in [0.05, 0.1) is 7.11 Å². The summed E-state index contributed by atoms with van der Waals surface area (Å²) in [4.78, 5) is 15.5. The SMILES string of the molecule is COc1ccc2c(CSc3nnc(-c4c[nH]c5ccccc45)n3C3CC3)cc(=O)oc2c1. The highest BCUT2D eigenvalue weighted by Gasteiger charge is 2.31. The number of thioether (sulfide) groups is 1. The molecule has 1 saturated carbocycles. The van der Waals surface area contributed by atoms with Gasteiger partial charge in [-0.25, -0.2) is 4.79 Å². The van der Waals surface area contributed by atoms with Gasteiger partial charge in [0.2, 0.25) is 0 Å². The van der Waals surface area contributed by atoms with Crippen LogP contribution in [0.3, 0.4) is 0 Å². The number of rotatable bonds is 6. The molecule has 0 amide bonds. The summed E-state index contributed by atoms with van der Waals surface area (Å²) in [6.07, 6.45) is 4.25. The van der Waals surface area contributed by atoms with Gasteiger partial charge in [-0.2, -0.15) is 0 Å². The van der Waals surface area contributed by atoms with Crippen LogP contribution in [-0.4, -0.2) is 26.9 Å². The normalized spacial score (nSPS) is 13.8. The first-order chi connectivity index (χ1) is 15.7. The fourth-order valence-electron chi connectivity index (χ4n) is 4.08. The van der Waals surface area contributed by atoms with Crippen molar-refractivity contribution in [2.75, 3.05) is 7.11 Å². The first kappa shape index (κ1) is 19.2. The molecular formula is C24H20N4O3S. The van der Waals surface area contributed by atoms with Gasteiger partial charge in [0.15, 0.2) is 11.0 Å². The van der Waals surface area contributed by atoms with Crippen molar-refractivity contribution >= 4 is 33.6 Å². The number of aromatic nitrogens is 4. The molecule has 1 fully saturated rings. The van der Waals surface area contributed by atoms with Crippen LogP contribution in [0.15, 0.2) is 69.1 Å². The van der Waals surface area contributed by atoms with E-state index in [1.54, 1.807) is 31.0 Å². The van der Waals surface area contributed by atoms with Gasteiger partial charge in [-0.1, -0.05) is 30.0 Å². The maximum atomic E-state index is 12.1. The summed E-state index contributed by atoms with van der Waals surface area (Å²) in [6.45, 7) is 0. The molecule has 0 saturated heterocycles. The summed E-state index contributed by atoms with van der Waals surface area (Å²) in [5.74, 6) is 2.13. The minimum Gasteiger partial charge on any atom is -0.497 e. The highest BCUT2D eigenvalue weighted by Crippen LogP contribution is 2.42. The minimum atomic E-state index is -0.371. The van der Waals surface area contributed by atoms with Crippen LogP contribution in [0.25, 0.3) is 33.3 Å². The molecule has 5 aromatic rings. The predicted molar refractivity (Wildman–Crippen MR) is 124 cm³/mol. The van der Waals surface area contributed by atoms with Gasteiger partial charge in [0.1, 0.15) is 11.3 Å². The van der Waals surface area contributed by atoms with Gasteiger partial charge in [0.25, 0.3) is 0 Å². The third-order valence-electron chi connectivity index (χ3n) is 5.80. The molecule has 0 unspecified atom stereocenters. The molecule has 3 heterocycles. The number of hydrogen-bond donors (Lipinski definition) is 1. The number of ether oxygens (including phenoxy) is 1. The molecule has 1 aliphatic carbocycles.